The molecular formula is C10H19N3O4. The Labute approximate surface area is 99.9 Å². The van der Waals surface area contributed by atoms with Crippen LogP contribution in [0.25, 0.3) is 0 Å². The first-order valence-electron chi connectivity index (χ1n) is 5.42. The van der Waals surface area contributed by atoms with Crippen LogP contribution in [0.3, 0.4) is 0 Å². The molecular weight excluding hydrogens is 226 g/mol. The minimum atomic E-state index is -1.03. The second-order valence-electron chi connectivity index (χ2n) is 5.10. The van der Waals surface area contributed by atoms with Crippen molar-refractivity contribution in [3.05, 3.63) is 0 Å². The van der Waals surface area contributed by atoms with Crippen LogP contribution in [0.1, 0.15) is 20.8 Å². The number of carbonyl (C=O) groups excluding carboxylic acids is 1. The summed E-state index contributed by atoms with van der Waals surface area (Å²) in [6.07, 6.45) is -1.61. The fourth-order valence-electron chi connectivity index (χ4n) is 1.60. The number of carboxylic acid groups (broad SMARTS) is 1. The summed E-state index contributed by atoms with van der Waals surface area (Å²) in [7, 11) is 0. The van der Waals surface area contributed by atoms with Gasteiger partial charge in [0.1, 0.15) is 5.60 Å². The molecule has 0 aliphatic carbocycles. The molecule has 1 heterocycles. The van der Waals surface area contributed by atoms with Gasteiger partial charge in [-0.1, -0.05) is 0 Å². The minimum absolute atomic E-state index is 0.190. The summed E-state index contributed by atoms with van der Waals surface area (Å²) in [6, 6.07) is -0.806. The molecule has 1 rings (SSSR count). The van der Waals surface area contributed by atoms with Gasteiger partial charge in [0.15, 0.2) is 0 Å². The number of nitrogens with two attached hydrogens (primary N) is 1. The topological polar surface area (TPSA) is 105 Å². The van der Waals surface area contributed by atoms with E-state index in [0.717, 1.165) is 0 Å². The second kappa shape index (κ2) is 4.79. The number of rotatable bonds is 1. The van der Waals surface area contributed by atoms with Gasteiger partial charge in [0, 0.05) is 19.1 Å². The van der Waals surface area contributed by atoms with Gasteiger partial charge in [0.05, 0.1) is 6.04 Å². The van der Waals surface area contributed by atoms with Crippen molar-refractivity contribution in [1.82, 2.24) is 10.2 Å². The predicted octanol–water partition coefficient (Wildman–Crippen LogP) is 0.201. The number of carbonyl (C=O) groups is 2. The van der Waals surface area contributed by atoms with Crippen molar-refractivity contribution in [3.8, 4) is 0 Å². The number of amides is 2. The standard InChI is InChI=1S/C10H19N3O4/c1-10(2,3)17-8(14)12-7-5-13(9(15)16)4-6(7)11/h6-7H,4-5,11H2,1-3H3,(H,12,14)(H,15,16)/t6-,7+/m0/s1. The fourth-order valence-corrected chi connectivity index (χ4v) is 1.60. The third-order valence-corrected chi connectivity index (χ3v) is 2.34. The summed E-state index contributed by atoms with van der Waals surface area (Å²) in [5.74, 6) is 0. The molecule has 0 bridgehead atoms. The van der Waals surface area contributed by atoms with Crippen LogP contribution >= 0.6 is 0 Å². The second-order valence-corrected chi connectivity index (χ2v) is 5.10. The lowest BCUT2D eigenvalue weighted by molar-refractivity contribution is 0.0501. The van der Waals surface area contributed by atoms with E-state index in [9.17, 15) is 9.59 Å². The quantitative estimate of drug-likeness (QED) is 0.612. The minimum Gasteiger partial charge on any atom is -0.465 e. The zero-order chi connectivity index (χ0) is 13.2. The average Bonchev–Trinajstić information content (AvgIpc) is 2.44. The molecule has 1 fully saturated rings. The van der Waals surface area contributed by atoms with E-state index in [1.165, 1.54) is 4.90 Å². The molecule has 1 aliphatic rings. The number of nitrogens with one attached hydrogen (secondary N) is 1. The van der Waals surface area contributed by atoms with E-state index >= 15 is 0 Å². The molecule has 2 atom stereocenters. The molecule has 7 heteroatoms. The molecule has 0 saturated carbocycles. The van der Waals surface area contributed by atoms with Crippen LogP contribution in [0.4, 0.5) is 9.59 Å². The van der Waals surface area contributed by atoms with E-state index < -0.39 is 29.9 Å². The zero-order valence-corrected chi connectivity index (χ0v) is 10.3. The van der Waals surface area contributed by atoms with Crippen molar-refractivity contribution in [2.45, 2.75) is 38.5 Å². The van der Waals surface area contributed by atoms with Gasteiger partial charge >= 0.3 is 12.2 Å². The predicted molar refractivity (Wildman–Crippen MR) is 60.7 cm³/mol. The number of hydrogen-bond donors (Lipinski definition) is 3. The molecule has 4 N–H and O–H groups in total. The first kappa shape index (κ1) is 13.6. The highest BCUT2D eigenvalue weighted by Crippen LogP contribution is 2.11. The summed E-state index contributed by atoms with van der Waals surface area (Å²) in [6.45, 7) is 5.67. The number of hydrogen-bond acceptors (Lipinski definition) is 4. The molecule has 98 valence electrons. The lowest BCUT2D eigenvalue weighted by Crippen LogP contribution is -2.48. The molecule has 0 spiro atoms. The van der Waals surface area contributed by atoms with Gasteiger partial charge in [-0.15, -0.1) is 0 Å². The maximum atomic E-state index is 11.5. The Bertz CT molecular complexity index is 313. The van der Waals surface area contributed by atoms with Crippen molar-refractivity contribution in [2.24, 2.45) is 5.73 Å². The molecule has 0 aromatic carbocycles. The van der Waals surface area contributed by atoms with E-state index in [0.29, 0.717) is 0 Å². The number of ether oxygens (including phenoxy) is 1. The molecule has 2 amide bonds. The van der Waals surface area contributed by atoms with Gasteiger partial charge in [0.2, 0.25) is 0 Å². The SMILES string of the molecule is CC(C)(C)OC(=O)N[C@@H]1CN(C(=O)O)C[C@@H]1N. The van der Waals surface area contributed by atoms with Crippen LogP contribution < -0.4 is 11.1 Å². The maximum absolute atomic E-state index is 11.5. The van der Waals surface area contributed by atoms with Gasteiger partial charge in [0.25, 0.3) is 0 Å². The van der Waals surface area contributed by atoms with Crippen LogP contribution in [0.5, 0.6) is 0 Å². The monoisotopic (exact) mass is 245 g/mol. The third-order valence-electron chi connectivity index (χ3n) is 2.34. The summed E-state index contributed by atoms with van der Waals surface area (Å²) in [5, 5.41) is 11.4. The van der Waals surface area contributed by atoms with Crippen LogP contribution in [-0.2, 0) is 4.74 Å². The lowest BCUT2D eigenvalue weighted by Gasteiger charge is -2.22. The van der Waals surface area contributed by atoms with Crippen molar-refractivity contribution in [2.75, 3.05) is 13.1 Å². The summed E-state index contributed by atoms with van der Waals surface area (Å²) >= 11 is 0. The molecule has 0 aromatic rings. The summed E-state index contributed by atoms with van der Waals surface area (Å²) in [5.41, 5.74) is 5.16. The van der Waals surface area contributed by atoms with Gasteiger partial charge in [-0.2, -0.15) is 0 Å². The highest BCUT2D eigenvalue weighted by molar-refractivity contribution is 5.69. The van der Waals surface area contributed by atoms with Crippen LogP contribution in [0, 0.1) is 0 Å². The van der Waals surface area contributed by atoms with Crippen molar-refractivity contribution in [1.29, 1.82) is 0 Å². The summed E-state index contributed by atoms with van der Waals surface area (Å²) in [4.78, 5) is 23.4. The molecule has 0 radical (unpaired) electrons. The third kappa shape index (κ3) is 4.10. The Balaban J connectivity index is 2.47. The van der Waals surface area contributed by atoms with Crippen molar-refractivity contribution >= 4 is 12.2 Å². The maximum Gasteiger partial charge on any atom is 0.407 e. The van der Waals surface area contributed by atoms with Crippen LogP contribution in [0.15, 0.2) is 0 Å². The molecule has 1 saturated heterocycles. The Kier molecular flexibility index (Phi) is 3.82. The highest BCUT2D eigenvalue weighted by atomic mass is 16.6. The molecule has 7 nitrogen and oxygen atoms in total. The van der Waals surface area contributed by atoms with Gasteiger partial charge in [-0.25, -0.2) is 9.59 Å². The Morgan fingerprint density at radius 2 is 2.00 bits per heavy atom. The molecule has 0 unspecified atom stereocenters. The fraction of sp³-hybridized carbons (Fsp3) is 0.800. The number of likely N-dealkylation sites (tertiary alicyclic amines) is 1. The zero-order valence-electron chi connectivity index (χ0n) is 10.3. The van der Waals surface area contributed by atoms with E-state index in [1.54, 1.807) is 20.8 Å². The van der Waals surface area contributed by atoms with Crippen molar-refractivity contribution in [3.63, 3.8) is 0 Å². The average molecular weight is 245 g/mol. The smallest absolute Gasteiger partial charge is 0.407 e. The van der Waals surface area contributed by atoms with Crippen molar-refractivity contribution < 1.29 is 19.4 Å². The first-order valence-corrected chi connectivity index (χ1v) is 5.42. The molecule has 1 aliphatic heterocycles. The Hall–Kier alpha value is -1.50. The summed E-state index contributed by atoms with van der Waals surface area (Å²) < 4.78 is 5.07. The number of alkyl carbamates (subject to hydrolysis) is 1. The van der Waals surface area contributed by atoms with Crippen LogP contribution in [-0.4, -0.2) is 53.0 Å². The Morgan fingerprint density at radius 1 is 1.41 bits per heavy atom. The van der Waals surface area contributed by atoms with E-state index in [2.05, 4.69) is 5.32 Å². The highest BCUT2D eigenvalue weighted by Gasteiger charge is 2.34. The van der Waals surface area contributed by atoms with Gasteiger partial charge in [-0.05, 0) is 20.8 Å². The lowest BCUT2D eigenvalue weighted by atomic mass is 10.2. The van der Waals surface area contributed by atoms with Gasteiger partial charge < -0.3 is 25.8 Å². The Morgan fingerprint density at radius 3 is 2.41 bits per heavy atom. The largest absolute Gasteiger partial charge is 0.465 e. The molecule has 0 aromatic heterocycles. The normalized spacial score (nSPS) is 24.6. The van der Waals surface area contributed by atoms with Gasteiger partial charge in [-0.3, -0.25) is 0 Å². The van der Waals surface area contributed by atoms with Crippen LogP contribution in [0.2, 0.25) is 0 Å². The van der Waals surface area contributed by atoms with E-state index in [1.807, 2.05) is 0 Å². The van der Waals surface area contributed by atoms with E-state index in [4.69, 9.17) is 15.6 Å². The van der Waals surface area contributed by atoms with E-state index in [-0.39, 0.29) is 13.1 Å². The first-order chi connectivity index (χ1) is 7.69. The molecule has 17 heavy (non-hydrogen) atoms. The number of nitrogens with zero attached hydrogens (tertiary/aromatic N) is 1.